The van der Waals surface area contributed by atoms with Gasteiger partial charge in [-0.15, -0.1) is 0 Å². The molecule has 3 aromatic rings. The van der Waals surface area contributed by atoms with Gasteiger partial charge < -0.3 is 14.2 Å². The van der Waals surface area contributed by atoms with Crippen LogP contribution in [0, 0.1) is 0 Å². The van der Waals surface area contributed by atoms with Gasteiger partial charge in [0.05, 0.1) is 18.2 Å². The van der Waals surface area contributed by atoms with Crippen molar-refractivity contribution in [3.63, 3.8) is 0 Å². The zero-order chi connectivity index (χ0) is 23.3. The van der Waals surface area contributed by atoms with Crippen LogP contribution >= 0.6 is 0 Å². The molecule has 0 atom stereocenters. The van der Waals surface area contributed by atoms with Crippen molar-refractivity contribution in [2.75, 3.05) is 6.79 Å². The predicted molar refractivity (Wildman–Crippen MR) is 114 cm³/mol. The number of carbonyl (C=O) groups excluding carboxylic acids is 1. The molecule has 0 aromatic heterocycles. The van der Waals surface area contributed by atoms with Gasteiger partial charge in [-0.05, 0) is 59.2 Å². The van der Waals surface area contributed by atoms with E-state index in [1.165, 1.54) is 18.3 Å². The van der Waals surface area contributed by atoms with Crippen LogP contribution < -0.4 is 19.6 Å². The number of benzene rings is 3. The predicted octanol–water partition coefficient (Wildman–Crippen LogP) is 4.71. The van der Waals surface area contributed by atoms with E-state index in [4.69, 9.17) is 14.2 Å². The topological polar surface area (TPSA) is 69.2 Å². The number of hydrogen-bond donors (Lipinski definition) is 1. The summed E-state index contributed by atoms with van der Waals surface area (Å²) < 4.78 is 54.7. The molecule has 6 nitrogen and oxygen atoms in total. The normalized spacial score (nSPS) is 12.7. The lowest BCUT2D eigenvalue weighted by molar-refractivity contribution is -0.137. The van der Waals surface area contributed by atoms with Crippen LogP contribution in [0.1, 0.15) is 22.3 Å². The molecule has 1 N–H and O–H groups in total. The molecular weight excluding hydrogens is 437 g/mol. The summed E-state index contributed by atoms with van der Waals surface area (Å²) in [5.74, 6) is 1.54. The monoisotopic (exact) mass is 456 g/mol. The van der Waals surface area contributed by atoms with Crippen LogP contribution in [0.3, 0.4) is 0 Å². The Kier molecular flexibility index (Phi) is 6.48. The van der Waals surface area contributed by atoms with Crippen molar-refractivity contribution >= 4 is 12.1 Å². The van der Waals surface area contributed by atoms with Crippen LogP contribution in [0.25, 0.3) is 0 Å². The first-order chi connectivity index (χ1) is 15.9. The Morgan fingerprint density at radius 3 is 2.58 bits per heavy atom. The third-order valence-corrected chi connectivity index (χ3v) is 4.74. The SMILES string of the molecule is O=C(Cc1cccc(C(F)(F)F)c1)N/N=C/c1ccc(OCc2ccc3c(c2)OCO3)cc1. The number of nitrogens with zero attached hydrogens (tertiary/aromatic N) is 1. The van der Waals surface area contributed by atoms with Crippen LogP contribution in [0.4, 0.5) is 13.2 Å². The number of nitrogens with one attached hydrogen (secondary N) is 1. The first-order valence-electron chi connectivity index (χ1n) is 9.96. The number of alkyl halides is 3. The molecule has 9 heteroatoms. The van der Waals surface area contributed by atoms with E-state index in [1.807, 2.05) is 18.2 Å². The molecule has 3 aromatic carbocycles. The number of rotatable bonds is 7. The molecule has 1 aliphatic heterocycles. The molecule has 0 saturated carbocycles. The van der Waals surface area contributed by atoms with Gasteiger partial charge in [0.25, 0.3) is 0 Å². The van der Waals surface area contributed by atoms with Crippen molar-refractivity contribution < 1.29 is 32.2 Å². The maximum Gasteiger partial charge on any atom is 0.416 e. The number of hydrogen-bond acceptors (Lipinski definition) is 5. The molecular formula is C24H19F3N2O4. The van der Waals surface area contributed by atoms with Crippen molar-refractivity contribution in [3.05, 3.63) is 89.0 Å². The van der Waals surface area contributed by atoms with Crippen LogP contribution in [0.15, 0.2) is 71.8 Å². The van der Waals surface area contributed by atoms with Crippen molar-refractivity contribution in [2.24, 2.45) is 5.10 Å². The quantitative estimate of drug-likeness (QED) is 0.413. The van der Waals surface area contributed by atoms with E-state index in [-0.39, 0.29) is 18.8 Å². The summed E-state index contributed by atoms with van der Waals surface area (Å²) in [5, 5.41) is 3.85. The number of fused-ring (bicyclic) bond motifs is 1. The van der Waals surface area contributed by atoms with Crippen LogP contribution in [-0.2, 0) is 24.0 Å². The van der Waals surface area contributed by atoms with Crippen molar-refractivity contribution in [2.45, 2.75) is 19.2 Å². The maximum atomic E-state index is 12.8. The zero-order valence-corrected chi connectivity index (χ0v) is 17.3. The van der Waals surface area contributed by atoms with E-state index in [9.17, 15) is 18.0 Å². The van der Waals surface area contributed by atoms with Gasteiger partial charge in [-0.25, -0.2) is 5.43 Å². The lowest BCUT2D eigenvalue weighted by Gasteiger charge is -2.08. The number of halogens is 3. The van der Waals surface area contributed by atoms with Crippen LogP contribution in [0.2, 0.25) is 0 Å². The van der Waals surface area contributed by atoms with E-state index in [0.717, 1.165) is 17.7 Å². The summed E-state index contributed by atoms with van der Waals surface area (Å²) in [4.78, 5) is 12.0. The fourth-order valence-corrected chi connectivity index (χ4v) is 3.11. The third-order valence-electron chi connectivity index (χ3n) is 4.74. The minimum absolute atomic E-state index is 0.214. The van der Waals surface area contributed by atoms with Gasteiger partial charge in [-0.1, -0.05) is 24.3 Å². The molecule has 0 unspecified atom stereocenters. The number of amides is 1. The fourth-order valence-electron chi connectivity index (χ4n) is 3.11. The second-order valence-electron chi connectivity index (χ2n) is 7.21. The fraction of sp³-hybridized carbons (Fsp3) is 0.167. The van der Waals surface area contributed by atoms with Crippen molar-refractivity contribution in [1.29, 1.82) is 0 Å². The van der Waals surface area contributed by atoms with E-state index >= 15 is 0 Å². The molecule has 4 rings (SSSR count). The number of hydrazone groups is 1. The Bertz CT molecular complexity index is 1160. The Morgan fingerprint density at radius 2 is 1.79 bits per heavy atom. The zero-order valence-electron chi connectivity index (χ0n) is 17.3. The van der Waals surface area contributed by atoms with Crippen molar-refractivity contribution in [3.8, 4) is 17.2 Å². The molecule has 1 amide bonds. The van der Waals surface area contributed by atoms with E-state index in [1.54, 1.807) is 24.3 Å². The lowest BCUT2D eigenvalue weighted by atomic mass is 10.1. The van der Waals surface area contributed by atoms with Crippen LogP contribution in [0.5, 0.6) is 17.2 Å². The highest BCUT2D eigenvalue weighted by Crippen LogP contribution is 2.33. The molecule has 0 spiro atoms. The lowest BCUT2D eigenvalue weighted by Crippen LogP contribution is -2.20. The summed E-state index contributed by atoms with van der Waals surface area (Å²) in [5.41, 5.74) is 3.42. The molecule has 170 valence electrons. The molecule has 0 saturated heterocycles. The summed E-state index contributed by atoms with van der Waals surface area (Å²) in [6, 6.07) is 17.3. The molecule has 33 heavy (non-hydrogen) atoms. The summed E-state index contributed by atoms with van der Waals surface area (Å²) in [7, 11) is 0. The van der Waals surface area contributed by atoms with Gasteiger partial charge in [0.2, 0.25) is 12.7 Å². The Labute approximate surface area is 187 Å². The van der Waals surface area contributed by atoms with E-state index in [0.29, 0.717) is 29.4 Å². The van der Waals surface area contributed by atoms with E-state index < -0.39 is 17.6 Å². The standard InChI is InChI=1S/C24H19F3N2O4/c25-24(26,27)19-3-1-2-17(10-19)12-23(30)29-28-13-16-4-7-20(8-5-16)31-14-18-6-9-21-22(11-18)33-15-32-21/h1-11,13H,12,14-15H2,(H,29,30)/b28-13+. The highest BCUT2D eigenvalue weighted by Gasteiger charge is 2.30. The van der Waals surface area contributed by atoms with Gasteiger partial charge >= 0.3 is 6.18 Å². The average molecular weight is 456 g/mol. The summed E-state index contributed by atoms with van der Waals surface area (Å²) in [6.45, 7) is 0.573. The molecule has 1 aliphatic rings. The average Bonchev–Trinajstić information content (AvgIpc) is 3.26. The number of ether oxygens (including phenoxy) is 3. The molecule has 0 radical (unpaired) electrons. The molecule has 0 fully saturated rings. The van der Waals surface area contributed by atoms with Gasteiger partial charge in [0.15, 0.2) is 11.5 Å². The molecule has 1 heterocycles. The largest absolute Gasteiger partial charge is 0.489 e. The van der Waals surface area contributed by atoms with Gasteiger partial charge in [0, 0.05) is 0 Å². The minimum Gasteiger partial charge on any atom is -0.489 e. The first-order valence-corrected chi connectivity index (χ1v) is 9.96. The van der Waals surface area contributed by atoms with Gasteiger partial charge in [0.1, 0.15) is 12.4 Å². The smallest absolute Gasteiger partial charge is 0.416 e. The Balaban J connectivity index is 1.25. The Hall–Kier alpha value is -4.01. The summed E-state index contributed by atoms with van der Waals surface area (Å²) in [6.07, 6.45) is -3.23. The summed E-state index contributed by atoms with van der Waals surface area (Å²) >= 11 is 0. The minimum atomic E-state index is -4.45. The third kappa shape index (κ3) is 6.03. The van der Waals surface area contributed by atoms with Gasteiger partial charge in [-0.3, -0.25) is 4.79 Å². The second kappa shape index (κ2) is 9.64. The number of carbonyl (C=O) groups is 1. The molecule has 0 aliphatic carbocycles. The Morgan fingerprint density at radius 1 is 1.00 bits per heavy atom. The van der Waals surface area contributed by atoms with E-state index in [2.05, 4.69) is 10.5 Å². The van der Waals surface area contributed by atoms with Gasteiger partial charge in [-0.2, -0.15) is 18.3 Å². The highest BCUT2D eigenvalue weighted by molar-refractivity contribution is 5.83. The second-order valence-corrected chi connectivity index (χ2v) is 7.21. The van der Waals surface area contributed by atoms with Crippen molar-refractivity contribution in [1.82, 2.24) is 5.43 Å². The maximum absolute atomic E-state index is 12.8. The first kappa shape index (κ1) is 22.2. The van der Waals surface area contributed by atoms with Crippen LogP contribution in [-0.4, -0.2) is 18.9 Å². The molecule has 0 bridgehead atoms. The highest BCUT2D eigenvalue weighted by atomic mass is 19.4.